The van der Waals surface area contributed by atoms with Gasteiger partial charge in [0.1, 0.15) is 18.1 Å². The van der Waals surface area contributed by atoms with Gasteiger partial charge in [0.05, 0.1) is 29.1 Å². The fourth-order valence-electron chi connectivity index (χ4n) is 3.37. The average Bonchev–Trinajstić information content (AvgIpc) is 3.07. The molecule has 9 heteroatoms. The van der Waals surface area contributed by atoms with Crippen molar-refractivity contribution in [1.29, 1.82) is 0 Å². The van der Waals surface area contributed by atoms with Gasteiger partial charge in [-0.15, -0.1) is 0 Å². The highest BCUT2D eigenvalue weighted by molar-refractivity contribution is 7.89. The van der Waals surface area contributed by atoms with Crippen LogP contribution in [0.4, 0.5) is 0 Å². The predicted octanol–water partition coefficient (Wildman–Crippen LogP) is 3.72. The largest absolute Gasteiger partial charge is 0.497 e. The van der Waals surface area contributed by atoms with E-state index in [4.69, 9.17) is 21.1 Å². The fourth-order valence-corrected chi connectivity index (χ4v) is 5.12. The summed E-state index contributed by atoms with van der Waals surface area (Å²) in [4.78, 5) is 12.7. The maximum absolute atomic E-state index is 13.0. The quantitative estimate of drug-likeness (QED) is 0.599. The Morgan fingerprint density at radius 1 is 1.03 bits per heavy atom. The second-order valence-corrected chi connectivity index (χ2v) is 9.58. The van der Waals surface area contributed by atoms with E-state index in [9.17, 15) is 13.2 Å². The minimum atomic E-state index is -3.67. The number of ether oxygens (including phenoxy) is 2. The van der Waals surface area contributed by atoms with Crippen LogP contribution in [0, 0.1) is 0 Å². The van der Waals surface area contributed by atoms with E-state index in [-0.39, 0.29) is 28.6 Å². The number of hydrogen-bond acceptors (Lipinski definition) is 5. The molecule has 31 heavy (non-hydrogen) atoms. The number of sulfonamides is 1. The number of carbonyl (C=O) groups is 1. The molecule has 168 valence electrons. The van der Waals surface area contributed by atoms with Crippen LogP contribution < -0.4 is 14.8 Å². The number of halogens is 1. The summed E-state index contributed by atoms with van der Waals surface area (Å²) in [5, 5.41) is 2.92. The van der Waals surface area contributed by atoms with E-state index in [0.29, 0.717) is 18.8 Å². The molecule has 1 saturated heterocycles. The zero-order valence-electron chi connectivity index (χ0n) is 17.5. The molecular weight excluding hydrogens is 440 g/mol. The molecule has 0 aromatic heterocycles. The number of rotatable bonds is 8. The molecule has 1 heterocycles. The molecule has 0 saturated carbocycles. The zero-order chi connectivity index (χ0) is 22.3. The number of hydrogen-bond donors (Lipinski definition) is 1. The van der Waals surface area contributed by atoms with Crippen molar-refractivity contribution in [1.82, 2.24) is 9.62 Å². The van der Waals surface area contributed by atoms with Gasteiger partial charge in [-0.25, -0.2) is 8.42 Å². The SMILES string of the molecule is COc1ccc(OCCNC(=O)c2cc(S(=O)(=O)N3CCCCCC3)ccc2Cl)cc1. The van der Waals surface area contributed by atoms with Gasteiger partial charge in [0.2, 0.25) is 10.0 Å². The molecule has 0 bridgehead atoms. The number of amides is 1. The van der Waals surface area contributed by atoms with Gasteiger partial charge in [0.25, 0.3) is 5.91 Å². The molecule has 0 atom stereocenters. The summed E-state index contributed by atoms with van der Waals surface area (Å²) in [5.41, 5.74) is 0.127. The van der Waals surface area contributed by atoms with Gasteiger partial charge < -0.3 is 14.8 Å². The van der Waals surface area contributed by atoms with Crippen LogP contribution in [-0.2, 0) is 10.0 Å². The Bertz CT molecular complexity index is 987. The Labute approximate surface area is 188 Å². The zero-order valence-corrected chi connectivity index (χ0v) is 19.0. The van der Waals surface area contributed by atoms with Crippen molar-refractivity contribution in [2.24, 2.45) is 0 Å². The second kappa shape index (κ2) is 10.8. The van der Waals surface area contributed by atoms with Gasteiger partial charge in [-0.05, 0) is 55.3 Å². The Morgan fingerprint density at radius 3 is 2.32 bits per heavy atom. The number of benzene rings is 2. The lowest BCUT2D eigenvalue weighted by Crippen LogP contribution is -2.32. The van der Waals surface area contributed by atoms with Crippen LogP contribution in [0.1, 0.15) is 36.0 Å². The highest BCUT2D eigenvalue weighted by Crippen LogP contribution is 2.25. The molecule has 2 aromatic rings. The Morgan fingerprint density at radius 2 is 1.68 bits per heavy atom. The molecule has 0 aliphatic carbocycles. The lowest BCUT2D eigenvalue weighted by Gasteiger charge is -2.20. The van der Waals surface area contributed by atoms with Gasteiger partial charge in [0, 0.05) is 13.1 Å². The molecule has 1 fully saturated rings. The van der Waals surface area contributed by atoms with Crippen molar-refractivity contribution in [2.45, 2.75) is 30.6 Å². The van der Waals surface area contributed by atoms with Gasteiger partial charge in [0.15, 0.2) is 0 Å². The van der Waals surface area contributed by atoms with Crippen LogP contribution in [0.15, 0.2) is 47.4 Å². The molecule has 0 spiro atoms. The van der Waals surface area contributed by atoms with Crippen LogP contribution in [0.3, 0.4) is 0 Å². The van der Waals surface area contributed by atoms with Crippen molar-refractivity contribution in [3.05, 3.63) is 53.1 Å². The van der Waals surface area contributed by atoms with Crippen LogP contribution in [0.25, 0.3) is 0 Å². The van der Waals surface area contributed by atoms with Crippen LogP contribution in [0.5, 0.6) is 11.5 Å². The van der Waals surface area contributed by atoms with Crippen LogP contribution in [0.2, 0.25) is 5.02 Å². The monoisotopic (exact) mass is 466 g/mol. The molecule has 0 unspecified atom stereocenters. The van der Waals surface area contributed by atoms with E-state index >= 15 is 0 Å². The third kappa shape index (κ3) is 6.12. The highest BCUT2D eigenvalue weighted by Gasteiger charge is 2.26. The summed E-state index contributed by atoms with van der Waals surface area (Å²) < 4.78 is 38.2. The number of methoxy groups -OCH3 is 1. The minimum Gasteiger partial charge on any atom is -0.497 e. The number of nitrogens with one attached hydrogen (secondary N) is 1. The van der Waals surface area contributed by atoms with Crippen molar-refractivity contribution in [3.8, 4) is 11.5 Å². The smallest absolute Gasteiger partial charge is 0.252 e. The lowest BCUT2D eigenvalue weighted by molar-refractivity contribution is 0.0947. The Kier molecular flexibility index (Phi) is 8.17. The summed E-state index contributed by atoms with van der Waals surface area (Å²) >= 11 is 6.18. The minimum absolute atomic E-state index is 0.0819. The maximum atomic E-state index is 13.0. The molecule has 1 aliphatic rings. The first-order valence-electron chi connectivity index (χ1n) is 10.3. The average molecular weight is 467 g/mol. The maximum Gasteiger partial charge on any atom is 0.252 e. The van der Waals surface area contributed by atoms with E-state index in [1.54, 1.807) is 31.4 Å². The van der Waals surface area contributed by atoms with Gasteiger partial charge in [-0.1, -0.05) is 24.4 Å². The summed E-state index contributed by atoms with van der Waals surface area (Å²) in [7, 11) is -2.08. The van der Waals surface area contributed by atoms with E-state index < -0.39 is 15.9 Å². The van der Waals surface area contributed by atoms with Crippen molar-refractivity contribution in [2.75, 3.05) is 33.4 Å². The van der Waals surface area contributed by atoms with E-state index in [1.807, 2.05) is 0 Å². The normalized spacial score (nSPS) is 15.2. The first kappa shape index (κ1) is 23.4. The standard InChI is InChI=1S/C22H27ClN2O5S/c1-29-17-6-8-18(9-7-17)30-15-12-24-22(26)20-16-19(10-11-21(20)23)31(27,28)25-13-4-2-3-5-14-25/h6-11,16H,2-5,12-15H2,1H3,(H,24,26). The first-order chi connectivity index (χ1) is 14.9. The number of nitrogens with zero attached hydrogens (tertiary/aromatic N) is 1. The van der Waals surface area contributed by atoms with E-state index in [2.05, 4.69) is 5.32 Å². The molecule has 0 radical (unpaired) electrons. The molecule has 1 aliphatic heterocycles. The molecule has 1 amide bonds. The van der Waals surface area contributed by atoms with Crippen molar-refractivity contribution in [3.63, 3.8) is 0 Å². The first-order valence-corrected chi connectivity index (χ1v) is 12.1. The highest BCUT2D eigenvalue weighted by atomic mass is 35.5. The lowest BCUT2D eigenvalue weighted by atomic mass is 10.2. The molecule has 2 aromatic carbocycles. The molecule has 7 nitrogen and oxygen atoms in total. The topological polar surface area (TPSA) is 84.9 Å². The fraction of sp³-hybridized carbons (Fsp3) is 0.409. The molecular formula is C22H27ClN2O5S. The predicted molar refractivity (Wildman–Crippen MR) is 120 cm³/mol. The Balaban J connectivity index is 1.61. The van der Waals surface area contributed by atoms with Crippen molar-refractivity contribution >= 4 is 27.5 Å². The molecule has 3 rings (SSSR count). The third-order valence-electron chi connectivity index (χ3n) is 5.10. The van der Waals surface area contributed by atoms with E-state index in [0.717, 1.165) is 31.4 Å². The third-order valence-corrected chi connectivity index (χ3v) is 7.33. The molecule has 1 N–H and O–H groups in total. The Hall–Kier alpha value is -2.29. The van der Waals surface area contributed by atoms with Gasteiger partial charge in [-0.2, -0.15) is 4.31 Å². The summed E-state index contributed by atoms with van der Waals surface area (Å²) in [6.07, 6.45) is 3.74. The number of carbonyl (C=O) groups excluding carboxylic acids is 1. The summed E-state index contributed by atoms with van der Waals surface area (Å²) in [6, 6.07) is 11.4. The summed E-state index contributed by atoms with van der Waals surface area (Å²) in [5.74, 6) is 0.931. The van der Waals surface area contributed by atoms with Gasteiger partial charge in [-0.3, -0.25) is 4.79 Å². The summed E-state index contributed by atoms with van der Waals surface area (Å²) in [6.45, 7) is 1.48. The van der Waals surface area contributed by atoms with Gasteiger partial charge >= 0.3 is 0 Å². The van der Waals surface area contributed by atoms with Crippen LogP contribution in [-0.4, -0.2) is 52.0 Å². The second-order valence-electron chi connectivity index (χ2n) is 7.24. The van der Waals surface area contributed by atoms with E-state index in [1.165, 1.54) is 22.5 Å². The van der Waals surface area contributed by atoms with Crippen LogP contribution >= 0.6 is 11.6 Å². The van der Waals surface area contributed by atoms with Crippen molar-refractivity contribution < 1.29 is 22.7 Å².